The second-order valence-electron chi connectivity index (χ2n) is 5.61. The number of aliphatic carboxylic acids is 1. The number of carboxylic acid groups (broad SMARTS) is 1. The van der Waals surface area contributed by atoms with Crippen molar-refractivity contribution in [2.45, 2.75) is 19.8 Å². The zero-order valence-electron chi connectivity index (χ0n) is 15.4. The molecule has 0 aliphatic carbocycles. The van der Waals surface area contributed by atoms with Crippen LogP contribution in [-0.4, -0.2) is 35.3 Å². The van der Waals surface area contributed by atoms with E-state index in [1.54, 1.807) is 26.7 Å². The fourth-order valence-electron chi connectivity index (χ4n) is 2.61. The Balaban J connectivity index is 0.000000596. The van der Waals surface area contributed by atoms with Crippen LogP contribution < -0.4 is 25.7 Å². The summed E-state index contributed by atoms with van der Waals surface area (Å²) in [5.41, 5.74) is 14.3. The molecule has 1 aliphatic rings. The van der Waals surface area contributed by atoms with Crippen LogP contribution in [0.15, 0.2) is 24.6 Å². The fourth-order valence-corrected chi connectivity index (χ4v) is 2.61. The molecule has 0 spiro atoms. The van der Waals surface area contributed by atoms with Gasteiger partial charge in [0, 0.05) is 30.7 Å². The molecule has 0 atom stereocenters. The molecule has 1 aliphatic heterocycles. The minimum Gasteiger partial charge on any atom is -0.493 e. The van der Waals surface area contributed by atoms with E-state index in [-0.39, 0.29) is 5.95 Å². The van der Waals surface area contributed by atoms with Crippen LogP contribution in [-0.2, 0) is 17.6 Å². The number of allylic oxidation sites excluding steroid dienone is 1. The maximum Gasteiger partial charge on any atom is 0.300 e. The molecule has 3 rings (SSSR count). The number of nitrogens with zero attached hydrogens (tertiary/aromatic N) is 2. The predicted molar refractivity (Wildman–Crippen MR) is 100.0 cm³/mol. The fraction of sp³-hybridized carbons (Fsp3) is 0.278. The van der Waals surface area contributed by atoms with Crippen LogP contribution in [0, 0.1) is 0 Å². The minimum absolute atomic E-state index is 0.159. The highest BCUT2D eigenvalue weighted by Crippen LogP contribution is 2.44. The first kappa shape index (κ1) is 19.8. The Morgan fingerprint density at radius 1 is 1.30 bits per heavy atom. The number of benzene rings is 1. The summed E-state index contributed by atoms with van der Waals surface area (Å²) in [7, 11) is 3.18. The van der Waals surface area contributed by atoms with Gasteiger partial charge in [0.15, 0.2) is 11.5 Å². The molecule has 2 heterocycles. The molecule has 0 amide bonds. The Kier molecular flexibility index (Phi) is 6.42. The summed E-state index contributed by atoms with van der Waals surface area (Å²) >= 11 is 0. The quantitative estimate of drug-likeness (QED) is 0.729. The van der Waals surface area contributed by atoms with E-state index in [4.69, 9.17) is 35.6 Å². The van der Waals surface area contributed by atoms with Crippen molar-refractivity contribution in [1.82, 2.24) is 9.97 Å². The van der Waals surface area contributed by atoms with Gasteiger partial charge in [-0.05, 0) is 24.1 Å². The highest BCUT2D eigenvalue weighted by Gasteiger charge is 2.22. The van der Waals surface area contributed by atoms with Crippen LogP contribution >= 0.6 is 0 Å². The van der Waals surface area contributed by atoms with Crippen LogP contribution in [0.2, 0.25) is 0 Å². The van der Waals surface area contributed by atoms with Crippen molar-refractivity contribution in [1.29, 1.82) is 0 Å². The molecule has 1 aromatic heterocycles. The molecule has 9 heteroatoms. The van der Waals surface area contributed by atoms with Gasteiger partial charge in [-0.15, -0.1) is 0 Å². The number of aromatic nitrogens is 2. The summed E-state index contributed by atoms with van der Waals surface area (Å²) in [5, 5.41) is 7.42. The maximum absolute atomic E-state index is 9.00. The Morgan fingerprint density at radius 2 is 2.00 bits per heavy atom. The van der Waals surface area contributed by atoms with Crippen molar-refractivity contribution in [3.05, 3.63) is 41.3 Å². The maximum atomic E-state index is 9.00. The van der Waals surface area contributed by atoms with Gasteiger partial charge >= 0.3 is 0 Å². The lowest BCUT2D eigenvalue weighted by atomic mass is 9.96. The number of nitrogen functional groups attached to an aromatic ring is 2. The molecule has 0 fully saturated rings. The average Bonchev–Trinajstić information content (AvgIpc) is 2.63. The number of fused-ring (bicyclic) bond motifs is 1. The molecule has 5 N–H and O–H groups in total. The van der Waals surface area contributed by atoms with Crippen LogP contribution in [0.4, 0.5) is 11.8 Å². The third-order valence-electron chi connectivity index (χ3n) is 3.72. The van der Waals surface area contributed by atoms with Crippen molar-refractivity contribution >= 4 is 17.7 Å². The molecule has 144 valence electrons. The summed E-state index contributed by atoms with van der Waals surface area (Å²) in [6.45, 7) is 1.08. The summed E-state index contributed by atoms with van der Waals surface area (Å²) in [4.78, 5) is 17.0. The largest absolute Gasteiger partial charge is 0.493 e. The molecule has 27 heavy (non-hydrogen) atoms. The predicted octanol–water partition coefficient (Wildman–Crippen LogP) is 1.79. The van der Waals surface area contributed by atoms with Gasteiger partial charge in [0.1, 0.15) is 5.82 Å². The SMILES string of the molecule is CC(=O)O.COc1cc(Cc2cnc(N)nc2N)c2c(c1OC)OC=CC2. The number of ether oxygens (including phenoxy) is 3. The van der Waals surface area contributed by atoms with Crippen molar-refractivity contribution in [3.63, 3.8) is 0 Å². The van der Waals surface area contributed by atoms with Crippen LogP contribution in [0.5, 0.6) is 17.2 Å². The van der Waals surface area contributed by atoms with Gasteiger partial charge in [-0.25, -0.2) is 4.98 Å². The van der Waals surface area contributed by atoms with E-state index >= 15 is 0 Å². The molecule has 9 nitrogen and oxygen atoms in total. The van der Waals surface area contributed by atoms with E-state index in [0.29, 0.717) is 29.5 Å². The highest BCUT2D eigenvalue weighted by molar-refractivity contribution is 5.63. The van der Waals surface area contributed by atoms with E-state index in [0.717, 1.165) is 30.0 Å². The number of anilines is 2. The Bertz CT molecular complexity index is 863. The first-order valence-corrected chi connectivity index (χ1v) is 8.02. The topological polar surface area (TPSA) is 143 Å². The zero-order valence-corrected chi connectivity index (χ0v) is 15.4. The highest BCUT2D eigenvalue weighted by atomic mass is 16.5. The number of hydrogen-bond acceptors (Lipinski definition) is 8. The molecule has 1 aromatic carbocycles. The minimum atomic E-state index is -0.833. The van der Waals surface area contributed by atoms with Crippen molar-refractivity contribution in [3.8, 4) is 17.2 Å². The molecular formula is C18H22N4O5. The Labute approximate surface area is 156 Å². The second kappa shape index (κ2) is 8.75. The lowest BCUT2D eigenvalue weighted by molar-refractivity contribution is -0.134. The molecule has 0 radical (unpaired) electrons. The summed E-state index contributed by atoms with van der Waals surface area (Å²) in [6.07, 6.45) is 6.52. The number of hydrogen-bond donors (Lipinski definition) is 3. The Morgan fingerprint density at radius 3 is 2.59 bits per heavy atom. The first-order valence-electron chi connectivity index (χ1n) is 8.02. The van der Waals surface area contributed by atoms with Crippen molar-refractivity contribution in [2.24, 2.45) is 0 Å². The van der Waals surface area contributed by atoms with Gasteiger partial charge in [0.05, 0.1) is 20.5 Å². The molecular weight excluding hydrogens is 352 g/mol. The second-order valence-corrected chi connectivity index (χ2v) is 5.61. The summed E-state index contributed by atoms with van der Waals surface area (Å²) in [6, 6.07) is 1.93. The van der Waals surface area contributed by atoms with E-state index in [9.17, 15) is 0 Å². The van der Waals surface area contributed by atoms with Gasteiger partial charge in [-0.1, -0.05) is 0 Å². The number of methoxy groups -OCH3 is 2. The number of rotatable bonds is 4. The zero-order chi connectivity index (χ0) is 20.0. The van der Waals surface area contributed by atoms with Crippen molar-refractivity contribution in [2.75, 3.05) is 25.7 Å². The van der Waals surface area contributed by atoms with Crippen LogP contribution in [0.1, 0.15) is 23.6 Å². The normalized spacial score (nSPS) is 11.5. The summed E-state index contributed by atoms with van der Waals surface area (Å²) < 4.78 is 16.5. The molecule has 0 saturated carbocycles. The van der Waals surface area contributed by atoms with Gasteiger partial charge in [-0.3, -0.25) is 4.79 Å². The van der Waals surface area contributed by atoms with E-state index in [1.807, 2.05) is 12.1 Å². The number of nitrogens with two attached hydrogens (primary N) is 2. The third kappa shape index (κ3) is 4.78. The van der Waals surface area contributed by atoms with E-state index in [2.05, 4.69) is 9.97 Å². The van der Waals surface area contributed by atoms with Crippen LogP contribution in [0.25, 0.3) is 0 Å². The number of carbonyl (C=O) groups is 1. The van der Waals surface area contributed by atoms with E-state index in [1.165, 1.54) is 0 Å². The molecule has 0 unspecified atom stereocenters. The first-order chi connectivity index (χ1) is 12.9. The van der Waals surface area contributed by atoms with Gasteiger partial charge < -0.3 is 30.8 Å². The molecule has 0 bridgehead atoms. The van der Waals surface area contributed by atoms with Crippen molar-refractivity contribution < 1.29 is 24.1 Å². The summed E-state index contributed by atoms with van der Waals surface area (Å²) in [5.74, 6) is 1.54. The average molecular weight is 374 g/mol. The Hall–Kier alpha value is -3.49. The van der Waals surface area contributed by atoms with E-state index < -0.39 is 5.97 Å². The third-order valence-corrected chi connectivity index (χ3v) is 3.72. The standard InChI is InChI=1S/C16H18N4O3.C2H4O2/c1-21-12-7-9(6-10-8-19-16(18)20-15(10)17)11-4-3-5-23-13(11)14(12)22-2;1-2(3)4/h3,5,7-8H,4,6H2,1-2H3,(H4,17,18,19,20);1H3,(H,3,4). The lowest BCUT2D eigenvalue weighted by Gasteiger charge is -2.21. The van der Waals surface area contributed by atoms with Gasteiger partial charge in [0.25, 0.3) is 5.97 Å². The van der Waals surface area contributed by atoms with Gasteiger partial charge in [-0.2, -0.15) is 4.98 Å². The molecule has 2 aromatic rings. The lowest BCUT2D eigenvalue weighted by Crippen LogP contribution is -2.08. The van der Waals surface area contributed by atoms with Crippen LogP contribution in [0.3, 0.4) is 0 Å². The van der Waals surface area contributed by atoms with Gasteiger partial charge in [0.2, 0.25) is 11.7 Å². The molecule has 0 saturated heterocycles. The smallest absolute Gasteiger partial charge is 0.300 e. The number of carboxylic acids is 1. The monoisotopic (exact) mass is 374 g/mol.